The molecule has 0 aliphatic rings. The van der Waals surface area contributed by atoms with Gasteiger partial charge in [-0.1, -0.05) is 6.58 Å². The van der Waals surface area contributed by atoms with E-state index >= 15 is 0 Å². The molecule has 0 unspecified atom stereocenters. The number of carbonyl (C=O) groups excluding carboxylic acids is 1. The van der Waals surface area contributed by atoms with E-state index in [0.717, 1.165) is 5.56 Å². The maximum Gasteiger partial charge on any atom is 0.246 e. The third-order valence-corrected chi connectivity index (χ3v) is 3.58. The predicted octanol–water partition coefficient (Wildman–Crippen LogP) is 2.65. The summed E-state index contributed by atoms with van der Waals surface area (Å²) < 4.78 is 0. The minimum Gasteiger partial charge on any atom is -0.389 e. The van der Waals surface area contributed by atoms with Crippen LogP contribution in [0, 0.1) is 13.8 Å². The van der Waals surface area contributed by atoms with E-state index < -0.39 is 5.60 Å². The van der Waals surface area contributed by atoms with Crippen molar-refractivity contribution in [2.24, 2.45) is 0 Å². The largest absolute Gasteiger partial charge is 0.389 e. The van der Waals surface area contributed by atoms with E-state index in [1.807, 2.05) is 6.92 Å². The summed E-state index contributed by atoms with van der Waals surface area (Å²) in [5.41, 5.74) is 0.231. The summed E-state index contributed by atoms with van der Waals surface area (Å²) in [4.78, 5) is 15.9. The highest BCUT2D eigenvalue weighted by atomic mass is 32.1. The molecule has 0 atom stereocenters. The van der Waals surface area contributed by atoms with Crippen molar-refractivity contribution in [2.75, 3.05) is 6.54 Å². The zero-order chi connectivity index (χ0) is 13.9. The molecule has 1 amide bonds. The SMILES string of the molecule is C=CC(=O)N(Cc1cc(C)sc1C)CC(C)(C)O. The Morgan fingerprint density at radius 3 is 2.56 bits per heavy atom. The summed E-state index contributed by atoms with van der Waals surface area (Å²) in [6, 6.07) is 2.09. The molecule has 0 aliphatic heterocycles. The molecule has 0 aliphatic carbocycles. The van der Waals surface area contributed by atoms with Crippen LogP contribution in [0.4, 0.5) is 0 Å². The van der Waals surface area contributed by atoms with Crippen LogP contribution in [0.15, 0.2) is 18.7 Å². The van der Waals surface area contributed by atoms with Gasteiger partial charge in [-0.15, -0.1) is 11.3 Å². The first-order chi connectivity index (χ1) is 8.23. The molecule has 1 aromatic heterocycles. The van der Waals surface area contributed by atoms with E-state index in [1.165, 1.54) is 15.8 Å². The maximum absolute atomic E-state index is 11.8. The number of aliphatic hydroxyl groups is 1. The van der Waals surface area contributed by atoms with E-state index in [-0.39, 0.29) is 5.91 Å². The fraction of sp³-hybridized carbons (Fsp3) is 0.500. The Labute approximate surface area is 113 Å². The summed E-state index contributed by atoms with van der Waals surface area (Å²) in [5.74, 6) is -0.152. The summed E-state index contributed by atoms with van der Waals surface area (Å²) >= 11 is 1.72. The number of carbonyl (C=O) groups is 1. The van der Waals surface area contributed by atoms with Gasteiger partial charge in [0.05, 0.1) is 5.60 Å². The number of thiophene rings is 1. The predicted molar refractivity (Wildman–Crippen MR) is 75.7 cm³/mol. The quantitative estimate of drug-likeness (QED) is 0.833. The lowest BCUT2D eigenvalue weighted by Gasteiger charge is -2.28. The van der Waals surface area contributed by atoms with Crippen LogP contribution in [0.1, 0.15) is 29.2 Å². The summed E-state index contributed by atoms with van der Waals surface area (Å²) in [6.07, 6.45) is 1.29. The van der Waals surface area contributed by atoms with E-state index in [4.69, 9.17) is 0 Å². The van der Waals surface area contributed by atoms with Gasteiger partial charge in [0, 0.05) is 22.8 Å². The van der Waals surface area contributed by atoms with Gasteiger partial charge in [-0.2, -0.15) is 0 Å². The summed E-state index contributed by atoms with van der Waals surface area (Å²) in [6.45, 7) is 11.8. The van der Waals surface area contributed by atoms with Gasteiger partial charge in [-0.05, 0) is 45.4 Å². The van der Waals surface area contributed by atoms with E-state index in [2.05, 4.69) is 19.6 Å². The van der Waals surface area contributed by atoms with Crippen LogP contribution in [-0.4, -0.2) is 28.1 Å². The standard InChI is InChI=1S/C14H21NO2S/c1-6-13(16)15(9-14(4,5)17)8-12-7-10(2)18-11(12)3/h6-7,17H,1,8-9H2,2-5H3. The maximum atomic E-state index is 11.8. The Morgan fingerprint density at radius 2 is 2.17 bits per heavy atom. The summed E-state index contributed by atoms with van der Waals surface area (Å²) in [7, 11) is 0. The van der Waals surface area contributed by atoms with Crippen LogP contribution in [-0.2, 0) is 11.3 Å². The first-order valence-corrected chi connectivity index (χ1v) is 6.74. The molecule has 1 rings (SSSR count). The number of rotatable bonds is 5. The lowest BCUT2D eigenvalue weighted by Crippen LogP contribution is -2.41. The van der Waals surface area contributed by atoms with Crippen LogP contribution in [0.25, 0.3) is 0 Å². The molecule has 0 aromatic carbocycles. The van der Waals surface area contributed by atoms with Crippen LogP contribution in [0.2, 0.25) is 0 Å². The van der Waals surface area contributed by atoms with Crippen molar-refractivity contribution in [3.05, 3.63) is 34.0 Å². The van der Waals surface area contributed by atoms with E-state index in [9.17, 15) is 9.90 Å². The van der Waals surface area contributed by atoms with Crippen LogP contribution >= 0.6 is 11.3 Å². The molecule has 0 radical (unpaired) electrons. The average Bonchev–Trinajstić information content (AvgIpc) is 2.53. The second-order valence-corrected chi connectivity index (χ2v) is 6.61. The second kappa shape index (κ2) is 5.67. The first-order valence-electron chi connectivity index (χ1n) is 5.92. The number of aryl methyl sites for hydroxylation is 2. The zero-order valence-corrected chi connectivity index (χ0v) is 12.3. The van der Waals surface area contributed by atoms with Gasteiger partial charge in [0.15, 0.2) is 0 Å². The highest BCUT2D eigenvalue weighted by molar-refractivity contribution is 7.12. The highest BCUT2D eigenvalue weighted by Crippen LogP contribution is 2.22. The smallest absolute Gasteiger partial charge is 0.246 e. The molecule has 1 aromatic rings. The number of nitrogens with zero attached hydrogens (tertiary/aromatic N) is 1. The Bertz CT molecular complexity index is 443. The second-order valence-electron chi connectivity index (χ2n) is 5.15. The molecule has 4 heteroatoms. The number of amides is 1. The third kappa shape index (κ3) is 4.27. The molecule has 100 valence electrons. The number of hydrogen-bond acceptors (Lipinski definition) is 3. The van der Waals surface area contributed by atoms with Crippen molar-refractivity contribution in [1.82, 2.24) is 4.90 Å². The van der Waals surface area contributed by atoms with Crippen LogP contribution < -0.4 is 0 Å². The molecule has 1 heterocycles. The van der Waals surface area contributed by atoms with Gasteiger partial charge in [-0.25, -0.2) is 0 Å². The van der Waals surface area contributed by atoms with Crippen molar-refractivity contribution in [1.29, 1.82) is 0 Å². The fourth-order valence-electron chi connectivity index (χ4n) is 1.85. The van der Waals surface area contributed by atoms with Crippen molar-refractivity contribution >= 4 is 17.2 Å². The molecule has 1 N–H and O–H groups in total. The Hall–Kier alpha value is -1.13. The van der Waals surface area contributed by atoms with Gasteiger partial charge in [0.25, 0.3) is 0 Å². The van der Waals surface area contributed by atoms with Gasteiger partial charge in [0.2, 0.25) is 5.91 Å². The highest BCUT2D eigenvalue weighted by Gasteiger charge is 2.22. The molecule has 0 saturated carbocycles. The van der Waals surface area contributed by atoms with Crippen molar-refractivity contribution in [3.8, 4) is 0 Å². The molecule has 18 heavy (non-hydrogen) atoms. The molecule has 0 fully saturated rings. The molecule has 0 saturated heterocycles. The van der Waals surface area contributed by atoms with E-state index in [0.29, 0.717) is 13.1 Å². The fourth-order valence-corrected chi connectivity index (χ4v) is 2.79. The van der Waals surface area contributed by atoms with Gasteiger partial charge < -0.3 is 10.0 Å². The van der Waals surface area contributed by atoms with Gasteiger partial charge in [0.1, 0.15) is 0 Å². The number of hydrogen-bond donors (Lipinski definition) is 1. The van der Waals surface area contributed by atoms with Gasteiger partial charge in [-0.3, -0.25) is 4.79 Å². The molecule has 3 nitrogen and oxygen atoms in total. The average molecular weight is 267 g/mol. The molecule has 0 spiro atoms. The normalized spacial score (nSPS) is 11.4. The third-order valence-electron chi connectivity index (χ3n) is 2.57. The monoisotopic (exact) mass is 267 g/mol. The molecular weight excluding hydrogens is 246 g/mol. The van der Waals surface area contributed by atoms with Crippen molar-refractivity contribution in [2.45, 2.75) is 39.8 Å². The Kier molecular flexibility index (Phi) is 4.71. The topological polar surface area (TPSA) is 40.5 Å². The first kappa shape index (κ1) is 14.9. The van der Waals surface area contributed by atoms with E-state index in [1.54, 1.807) is 30.1 Å². The zero-order valence-electron chi connectivity index (χ0n) is 11.5. The molecule has 0 bridgehead atoms. The minimum atomic E-state index is -0.905. The minimum absolute atomic E-state index is 0.152. The lowest BCUT2D eigenvalue weighted by molar-refractivity contribution is -0.129. The lowest BCUT2D eigenvalue weighted by atomic mass is 10.1. The van der Waals surface area contributed by atoms with Crippen LogP contribution in [0.5, 0.6) is 0 Å². The Balaban J connectivity index is 2.88. The Morgan fingerprint density at radius 1 is 1.56 bits per heavy atom. The van der Waals surface area contributed by atoms with Crippen LogP contribution in [0.3, 0.4) is 0 Å². The van der Waals surface area contributed by atoms with Crippen molar-refractivity contribution < 1.29 is 9.90 Å². The summed E-state index contributed by atoms with van der Waals surface area (Å²) in [5, 5.41) is 9.86. The van der Waals surface area contributed by atoms with Gasteiger partial charge >= 0.3 is 0 Å². The molecular formula is C14H21NO2S. The van der Waals surface area contributed by atoms with Crippen molar-refractivity contribution in [3.63, 3.8) is 0 Å².